The topological polar surface area (TPSA) is 54.4 Å². The molecule has 0 aliphatic rings. The summed E-state index contributed by atoms with van der Waals surface area (Å²) in [4.78, 5) is 21.4. The average Bonchev–Trinajstić information content (AvgIpc) is 2.07. The summed E-state index contributed by atoms with van der Waals surface area (Å²) in [7, 11) is 0. The highest BCUT2D eigenvalue weighted by atomic mass is 79.9. The lowest BCUT2D eigenvalue weighted by atomic mass is 10.1. The van der Waals surface area contributed by atoms with Gasteiger partial charge in [-0.1, -0.05) is 28.1 Å². The highest BCUT2D eigenvalue weighted by Crippen LogP contribution is 2.19. The third-order valence-electron chi connectivity index (χ3n) is 1.80. The monoisotopic (exact) mass is 256 g/mol. The van der Waals surface area contributed by atoms with Gasteiger partial charge in [0.2, 0.25) is 0 Å². The van der Waals surface area contributed by atoms with Gasteiger partial charge in [-0.05, 0) is 18.6 Å². The summed E-state index contributed by atoms with van der Waals surface area (Å²) in [6.07, 6.45) is -0.0429. The van der Waals surface area contributed by atoms with Crippen molar-refractivity contribution in [2.45, 2.75) is 13.3 Å². The summed E-state index contributed by atoms with van der Waals surface area (Å²) in [6.45, 7) is 1.47. The van der Waals surface area contributed by atoms with Crippen molar-refractivity contribution in [3.05, 3.63) is 33.8 Å². The summed E-state index contributed by atoms with van der Waals surface area (Å²) in [5, 5.41) is 8.58. The molecule has 0 atom stereocenters. The predicted molar refractivity (Wildman–Crippen MR) is 55.5 cm³/mol. The first-order valence-electron chi connectivity index (χ1n) is 4.02. The molecule has 0 saturated heterocycles. The highest BCUT2D eigenvalue weighted by molar-refractivity contribution is 9.10. The second-order valence-electron chi connectivity index (χ2n) is 2.93. The van der Waals surface area contributed by atoms with Crippen LogP contribution in [0.4, 0.5) is 0 Å². The molecule has 0 heterocycles. The average molecular weight is 257 g/mol. The van der Waals surface area contributed by atoms with Crippen LogP contribution in [0.2, 0.25) is 0 Å². The maximum absolute atomic E-state index is 11.0. The molecule has 74 valence electrons. The van der Waals surface area contributed by atoms with Crippen LogP contribution in [0, 0.1) is 0 Å². The van der Waals surface area contributed by atoms with Crippen molar-refractivity contribution < 1.29 is 14.7 Å². The van der Waals surface area contributed by atoms with Gasteiger partial charge in [-0.25, -0.2) is 0 Å². The summed E-state index contributed by atoms with van der Waals surface area (Å²) < 4.78 is 0.660. The Morgan fingerprint density at radius 2 is 2.07 bits per heavy atom. The number of hydrogen-bond donors (Lipinski definition) is 1. The lowest BCUT2D eigenvalue weighted by molar-refractivity contribution is -0.136. The molecule has 0 fully saturated rings. The molecule has 1 aromatic rings. The van der Waals surface area contributed by atoms with E-state index >= 15 is 0 Å². The number of Topliss-reactive ketones (excluding diaryl/α,β-unsaturated/α-hetero) is 1. The highest BCUT2D eigenvalue weighted by Gasteiger charge is 2.07. The van der Waals surface area contributed by atoms with E-state index in [0.29, 0.717) is 15.6 Å². The zero-order valence-corrected chi connectivity index (χ0v) is 9.17. The molecule has 0 bridgehead atoms. The van der Waals surface area contributed by atoms with Crippen LogP contribution in [0.15, 0.2) is 22.7 Å². The largest absolute Gasteiger partial charge is 0.481 e. The van der Waals surface area contributed by atoms with Gasteiger partial charge >= 0.3 is 5.97 Å². The van der Waals surface area contributed by atoms with Crippen molar-refractivity contribution in [2.24, 2.45) is 0 Å². The Bertz CT molecular complexity index is 385. The molecule has 1 aromatic carbocycles. The minimum Gasteiger partial charge on any atom is -0.481 e. The molecule has 1 rings (SSSR count). The molecular weight excluding hydrogens is 248 g/mol. The Labute approximate surface area is 89.9 Å². The Hall–Kier alpha value is -1.16. The van der Waals surface area contributed by atoms with Crippen molar-refractivity contribution in [3.63, 3.8) is 0 Å². The molecule has 4 heteroatoms. The van der Waals surface area contributed by atoms with Crippen LogP contribution >= 0.6 is 15.9 Å². The van der Waals surface area contributed by atoms with E-state index in [1.165, 1.54) is 6.92 Å². The number of carbonyl (C=O) groups is 2. The van der Waals surface area contributed by atoms with Gasteiger partial charge < -0.3 is 5.11 Å². The molecule has 1 N–H and O–H groups in total. The molecule has 0 unspecified atom stereocenters. The predicted octanol–water partition coefficient (Wildman–Crippen LogP) is 2.28. The zero-order valence-electron chi connectivity index (χ0n) is 7.58. The molecule has 3 nitrogen and oxygen atoms in total. The van der Waals surface area contributed by atoms with E-state index in [2.05, 4.69) is 15.9 Å². The van der Waals surface area contributed by atoms with Crippen molar-refractivity contribution in [1.82, 2.24) is 0 Å². The van der Waals surface area contributed by atoms with Gasteiger partial charge in [0, 0.05) is 10.0 Å². The fourth-order valence-corrected chi connectivity index (χ4v) is 1.59. The fraction of sp³-hybridized carbons (Fsp3) is 0.200. The van der Waals surface area contributed by atoms with Gasteiger partial charge in [0.15, 0.2) is 5.78 Å². The first-order chi connectivity index (χ1) is 6.50. The summed E-state index contributed by atoms with van der Waals surface area (Å²) in [5.41, 5.74) is 1.24. The number of carboxylic acids is 1. The number of ketones is 1. The van der Waals surface area contributed by atoms with E-state index in [1.54, 1.807) is 18.2 Å². The molecule has 0 radical (unpaired) electrons. The van der Waals surface area contributed by atoms with E-state index in [9.17, 15) is 9.59 Å². The number of rotatable bonds is 3. The maximum Gasteiger partial charge on any atom is 0.307 e. The number of hydrogen-bond acceptors (Lipinski definition) is 2. The van der Waals surface area contributed by atoms with E-state index in [0.717, 1.165) is 0 Å². The molecule has 14 heavy (non-hydrogen) atoms. The first kappa shape index (κ1) is 10.9. The molecule has 0 spiro atoms. The van der Waals surface area contributed by atoms with Crippen LogP contribution in [0.1, 0.15) is 22.8 Å². The standard InChI is InChI=1S/C10H9BrO3/c1-6(12)7-2-3-8(5-10(13)14)9(11)4-7/h2-4H,5H2,1H3,(H,13,14). The zero-order chi connectivity index (χ0) is 10.7. The van der Waals surface area contributed by atoms with Crippen LogP contribution in [-0.4, -0.2) is 16.9 Å². The van der Waals surface area contributed by atoms with Crippen LogP contribution in [0.25, 0.3) is 0 Å². The Balaban J connectivity index is 3.01. The van der Waals surface area contributed by atoms with Crippen molar-refractivity contribution >= 4 is 27.7 Å². The number of aliphatic carboxylic acids is 1. The minimum absolute atomic E-state index is 0.0347. The van der Waals surface area contributed by atoms with E-state index in [-0.39, 0.29) is 12.2 Å². The Morgan fingerprint density at radius 1 is 1.43 bits per heavy atom. The van der Waals surface area contributed by atoms with Crippen molar-refractivity contribution in [1.29, 1.82) is 0 Å². The van der Waals surface area contributed by atoms with Gasteiger partial charge in [-0.2, -0.15) is 0 Å². The SMILES string of the molecule is CC(=O)c1ccc(CC(=O)O)c(Br)c1. The van der Waals surface area contributed by atoms with E-state index < -0.39 is 5.97 Å². The third kappa shape index (κ3) is 2.67. The van der Waals surface area contributed by atoms with Crippen molar-refractivity contribution in [2.75, 3.05) is 0 Å². The van der Waals surface area contributed by atoms with Crippen LogP contribution < -0.4 is 0 Å². The number of carboxylic acid groups (broad SMARTS) is 1. The number of carbonyl (C=O) groups excluding carboxylic acids is 1. The van der Waals surface area contributed by atoms with Crippen LogP contribution in [-0.2, 0) is 11.2 Å². The van der Waals surface area contributed by atoms with Gasteiger partial charge in [-0.15, -0.1) is 0 Å². The van der Waals surface area contributed by atoms with E-state index in [1.807, 2.05) is 0 Å². The van der Waals surface area contributed by atoms with Crippen molar-refractivity contribution in [3.8, 4) is 0 Å². The lowest BCUT2D eigenvalue weighted by Gasteiger charge is -2.02. The van der Waals surface area contributed by atoms with Crippen LogP contribution in [0.3, 0.4) is 0 Å². The quantitative estimate of drug-likeness (QED) is 0.845. The van der Waals surface area contributed by atoms with E-state index in [4.69, 9.17) is 5.11 Å². The molecule has 0 aliphatic carbocycles. The Kier molecular flexibility index (Phi) is 3.41. The number of halogens is 1. The molecule has 0 saturated carbocycles. The smallest absolute Gasteiger partial charge is 0.307 e. The second-order valence-corrected chi connectivity index (χ2v) is 3.79. The maximum atomic E-state index is 11.0. The lowest BCUT2D eigenvalue weighted by Crippen LogP contribution is -2.02. The molecule has 0 aliphatic heterocycles. The van der Waals surface area contributed by atoms with Gasteiger partial charge in [-0.3, -0.25) is 9.59 Å². The Morgan fingerprint density at radius 3 is 2.50 bits per heavy atom. The van der Waals surface area contributed by atoms with Gasteiger partial charge in [0.25, 0.3) is 0 Å². The van der Waals surface area contributed by atoms with Crippen LogP contribution in [0.5, 0.6) is 0 Å². The second kappa shape index (κ2) is 4.37. The molecule has 0 aromatic heterocycles. The molecular formula is C10H9BrO3. The number of benzene rings is 1. The first-order valence-corrected chi connectivity index (χ1v) is 4.81. The summed E-state index contributed by atoms with van der Waals surface area (Å²) in [6, 6.07) is 4.92. The molecule has 0 amide bonds. The minimum atomic E-state index is -0.888. The normalized spacial score (nSPS) is 9.86. The fourth-order valence-electron chi connectivity index (χ4n) is 1.07. The summed E-state index contributed by atoms with van der Waals surface area (Å²) >= 11 is 3.23. The van der Waals surface area contributed by atoms with Gasteiger partial charge in [0.1, 0.15) is 0 Å². The summed E-state index contributed by atoms with van der Waals surface area (Å²) in [5.74, 6) is -0.922. The third-order valence-corrected chi connectivity index (χ3v) is 2.54. The van der Waals surface area contributed by atoms with Gasteiger partial charge in [0.05, 0.1) is 6.42 Å².